The Balaban J connectivity index is 1.66. The third-order valence-electron chi connectivity index (χ3n) is 16.8. The van der Waals surface area contributed by atoms with Gasteiger partial charge in [-0.05, 0) is 44.9 Å². The summed E-state index contributed by atoms with van der Waals surface area (Å²) in [6.45, 7) is 2.80. The zero-order chi connectivity index (χ0) is 59.5. The molecule has 0 radical (unpaired) electrons. The van der Waals surface area contributed by atoms with Gasteiger partial charge in [0.1, 0.15) is 48.8 Å². The normalized spacial score (nSPS) is 24.1. The predicted octanol–water partition coefficient (Wildman–Crippen LogP) is 13.3. The second-order valence-electron chi connectivity index (χ2n) is 24.3. The van der Waals surface area contributed by atoms with Crippen LogP contribution in [0.5, 0.6) is 0 Å². The topological polar surface area (TPSA) is 228 Å². The Bertz CT molecular complexity index is 1510. The first kappa shape index (κ1) is 76.3. The van der Waals surface area contributed by atoms with Crippen LogP contribution in [0, 0.1) is 0 Å². The largest absolute Gasteiger partial charge is 0.394 e. The summed E-state index contributed by atoms with van der Waals surface area (Å²) in [6.07, 6.45) is 50.7. The van der Waals surface area contributed by atoms with Gasteiger partial charge in [0.25, 0.3) is 0 Å². The van der Waals surface area contributed by atoms with Crippen molar-refractivity contribution < 1.29 is 64.6 Å². The van der Waals surface area contributed by atoms with E-state index in [2.05, 4.69) is 43.5 Å². The van der Waals surface area contributed by atoms with E-state index >= 15 is 0 Å². The van der Waals surface area contributed by atoms with E-state index in [4.69, 9.17) is 18.9 Å². The highest BCUT2D eigenvalue weighted by molar-refractivity contribution is 5.76. The Labute approximate surface area is 500 Å². The van der Waals surface area contributed by atoms with Crippen LogP contribution >= 0.6 is 0 Å². The molecule has 2 rings (SSSR count). The molecule has 12 atom stereocenters. The monoisotopic (exact) mass is 1170 g/mol. The van der Waals surface area contributed by atoms with E-state index in [1.165, 1.54) is 218 Å². The molecular weight excluding hydrogens is 1040 g/mol. The van der Waals surface area contributed by atoms with Crippen LogP contribution in [-0.2, 0) is 23.7 Å². The van der Waals surface area contributed by atoms with Gasteiger partial charge in [0, 0.05) is 6.42 Å². The molecule has 0 aromatic heterocycles. The molecule has 0 spiro atoms. The summed E-state index contributed by atoms with van der Waals surface area (Å²) in [5, 5.41) is 87.2. The van der Waals surface area contributed by atoms with Crippen molar-refractivity contribution in [1.82, 2.24) is 5.32 Å². The van der Waals surface area contributed by atoms with E-state index in [1.807, 2.05) is 6.08 Å². The molecule has 14 nitrogen and oxygen atoms in total. The summed E-state index contributed by atoms with van der Waals surface area (Å²) >= 11 is 0. The number of hydrogen-bond donors (Lipinski definition) is 9. The molecule has 0 aromatic rings. The number of carbonyl (C=O) groups is 1. The van der Waals surface area contributed by atoms with Crippen LogP contribution in [0.4, 0.5) is 0 Å². The van der Waals surface area contributed by atoms with Crippen LogP contribution in [0.15, 0.2) is 36.5 Å². The van der Waals surface area contributed by atoms with E-state index in [9.17, 15) is 45.6 Å². The van der Waals surface area contributed by atoms with Crippen molar-refractivity contribution >= 4 is 5.91 Å². The van der Waals surface area contributed by atoms with E-state index in [-0.39, 0.29) is 18.9 Å². The van der Waals surface area contributed by atoms with Crippen molar-refractivity contribution in [2.75, 3.05) is 19.8 Å². The number of carbonyl (C=O) groups excluding carboxylic acids is 1. The van der Waals surface area contributed by atoms with Crippen LogP contribution in [0.3, 0.4) is 0 Å². The lowest BCUT2D eigenvalue weighted by molar-refractivity contribution is -0.359. The Hall–Kier alpha value is -1.79. The van der Waals surface area contributed by atoms with Gasteiger partial charge < -0.3 is 65.1 Å². The Kier molecular flexibility index (Phi) is 49.7. The van der Waals surface area contributed by atoms with E-state index in [1.54, 1.807) is 6.08 Å². The number of amides is 1. The summed E-state index contributed by atoms with van der Waals surface area (Å²) < 4.78 is 22.8. The number of rotatable bonds is 56. The van der Waals surface area contributed by atoms with Gasteiger partial charge in [0.2, 0.25) is 5.91 Å². The first-order valence-electron chi connectivity index (χ1n) is 34.2. The third kappa shape index (κ3) is 37.7. The molecule has 2 aliphatic heterocycles. The molecule has 14 heteroatoms. The van der Waals surface area contributed by atoms with E-state index < -0.39 is 86.8 Å². The lowest BCUT2D eigenvalue weighted by atomic mass is 9.97. The first-order chi connectivity index (χ1) is 40.1. The fourth-order valence-electron chi connectivity index (χ4n) is 11.3. The summed E-state index contributed by atoms with van der Waals surface area (Å²) in [5.74, 6) is -0.248. The van der Waals surface area contributed by atoms with E-state index in [0.717, 1.165) is 44.9 Å². The van der Waals surface area contributed by atoms with Gasteiger partial charge in [-0.25, -0.2) is 0 Å². The molecule has 2 saturated heterocycles. The third-order valence-corrected chi connectivity index (χ3v) is 16.8. The maximum Gasteiger partial charge on any atom is 0.220 e. The fraction of sp³-hybridized carbons (Fsp3) is 0.897. The lowest BCUT2D eigenvalue weighted by Crippen LogP contribution is -2.65. The molecule has 0 saturated carbocycles. The first-order valence-corrected chi connectivity index (χ1v) is 34.2. The van der Waals surface area contributed by atoms with Crippen molar-refractivity contribution in [1.29, 1.82) is 0 Å². The Morgan fingerprint density at radius 1 is 0.427 bits per heavy atom. The number of hydrogen-bond acceptors (Lipinski definition) is 13. The van der Waals surface area contributed by atoms with Crippen LogP contribution in [0.2, 0.25) is 0 Å². The number of nitrogens with one attached hydrogen (secondary N) is 1. The standard InChI is InChI=1S/C68H127NO13/c1-3-5-7-9-11-13-15-17-19-21-22-23-24-25-26-27-28-29-30-31-32-33-34-36-38-40-42-44-46-48-50-52-60(73)69-56(57(72)51-49-47-45-43-41-39-37-35-20-18-16-14-12-10-8-6-4-2)55-79-67-65(78)63(76)66(59(54-71)81-67)82-68-64(77)62(75)61(74)58(53-70)80-68/h20,35,41,43,49,51,56-59,61-68,70-72,74-78H,3-19,21-34,36-40,42,44-48,50,52-55H2,1-2H3,(H,69,73)/b35-20+,43-41+,51-49+. The highest BCUT2D eigenvalue weighted by Gasteiger charge is 2.51. The van der Waals surface area contributed by atoms with Crippen molar-refractivity contribution in [3.63, 3.8) is 0 Å². The summed E-state index contributed by atoms with van der Waals surface area (Å²) in [7, 11) is 0. The SMILES string of the molecule is CCCCCCCCC/C=C/CC/C=C/CC/C=C/C(O)C(COC1OC(CO)C(OC2OC(CO)C(O)C(O)C2O)C(O)C1O)NC(=O)CCCCCCCCCCCCCCCCCCCCCCCCCCCCCCCCC. The van der Waals surface area contributed by atoms with Gasteiger partial charge in [-0.1, -0.05) is 281 Å². The Morgan fingerprint density at radius 3 is 1.20 bits per heavy atom. The van der Waals surface area contributed by atoms with E-state index in [0.29, 0.717) is 12.8 Å². The number of ether oxygens (including phenoxy) is 4. The van der Waals surface area contributed by atoms with Crippen molar-refractivity contribution in [3.05, 3.63) is 36.5 Å². The molecule has 2 aliphatic rings. The molecule has 12 unspecified atom stereocenters. The molecular formula is C68H127NO13. The molecule has 0 aromatic carbocycles. The number of unbranched alkanes of at least 4 members (excludes halogenated alkanes) is 39. The van der Waals surface area contributed by atoms with Crippen molar-refractivity contribution in [2.45, 2.75) is 370 Å². The average Bonchev–Trinajstić information content (AvgIpc) is 3.53. The van der Waals surface area contributed by atoms with Gasteiger partial charge >= 0.3 is 0 Å². The average molecular weight is 1170 g/mol. The molecule has 2 fully saturated rings. The minimum absolute atomic E-state index is 0.248. The molecule has 82 heavy (non-hydrogen) atoms. The second kappa shape index (κ2) is 53.4. The highest BCUT2D eigenvalue weighted by Crippen LogP contribution is 2.30. The molecule has 0 aliphatic carbocycles. The number of allylic oxidation sites excluding steroid dienone is 5. The molecule has 0 bridgehead atoms. The minimum atomic E-state index is -1.79. The van der Waals surface area contributed by atoms with Gasteiger partial charge in [-0.3, -0.25) is 4.79 Å². The zero-order valence-electron chi connectivity index (χ0n) is 52.2. The predicted molar refractivity (Wildman–Crippen MR) is 332 cm³/mol. The van der Waals surface area contributed by atoms with Gasteiger partial charge in [0.15, 0.2) is 12.6 Å². The van der Waals surface area contributed by atoms with Gasteiger partial charge in [-0.2, -0.15) is 0 Å². The van der Waals surface area contributed by atoms with Crippen LogP contribution < -0.4 is 5.32 Å². The molecule has 9 N–H and O–H groups in total. The van der Waals surface area contributed by atoms with Gasteiger partial charge in [-0.15, -0.1) is 0 Å². The molecule has 2 heterocycles. The van der Waals surface area contributed by atoms with Crippen LogP contribution in [0.25, 0.3) is 0 Å². The summed E-state index contributed by atoms with van der Waals surface area (Å²) in [4.78, 5) is 13.3. The van der Waals surface area contributed by atoms with Crippen LogP contribution in [-0.4, -0.2) is 140 Å². The smallest absolute Gasteiger partial charge is 0.220 e. The second-order valence-corrected chi connectivity index (χ2v) is 24.3. The number of aliphatic hydroxyl groups is 8. The quantitative estimate of drug-likeness (QED) is 0.0204. The maximum atomic E-state index is 13.3. The van der Waals surface area contributed by atoms with Crippen molar-refractivity contribution in [3.8, 4) is 0 Å². The summed E-state index contributed by atoms with van der Waals surface area (Å²) in [5.41, 5.74) is 0. The molecule has 1 amide bonds. The Morgan fingerprint density at radius 2 is 0.780 bits per heavy atom. The van der Waals surface area contributed by atoms with Gasteiger partial charge in [0.05, 0.1) is 32.0 Å². The summed E-state index contributed by atoms with van der Waals surface area (Å²) in [6, 6.07) is -0.936. The number of aliphatic hydroxyl groups excluding tert-OH is 8. The minimum Gasteiger partial charge on any atom is -0.394 e. The van der Waals surface area contributed by atoms with Crippen molar-refractivity contribution in [2.24, 2.45) is 0 Å². The zero-order valence-corrected chi connectivity index (χ0v) is 52.2. The fourth-order valence-corrected chi connectivity index (χ4v) is 11.3. The molecule has 482 valence electrons. The highest BCUT2D eigenvalue weighted by atomic mass is 16.7. The van der Waals surface area contributed by atoms with Crippen LogP contribution in [0.1, 0.15) is 296 Å². The maximum absolute atomic E-state index is 13.3. The lowest BCUT2D eigenvalue weighted by Gasteiger charge is -2.46.